The molecule has 0 aliphatic carbocycles. The van der Waals surface area contributed by atoms with Crippen LogP contribution in [-0.4, -0.2) is 29.8 Å². The first-order chi connectivity index (χ1) is 12.9. The minimum Gasteiger partial charge on any atom is -0.369 e. The molecule has 1 saturated heterocycles. The Bertz CT molecular complexity index is 800. The standard InChI is InChI=1S/C22H28N2O2S/c1-16(2)13-20(25)24-11-6-10-22(15-24,21(23)26)14-17-7-3-4-8-18(17)19-9-5-12-27-19/h3-5,7-9,12,16H,6,10-11,13-15H2,1-2H3,(H2,23,26)/t22-/m1/s1. The predicted molar refractivity (Wildman–Crippen MR) is 110 cm³/mol. The van der Waals surface area contributed by atoms with Crippen LogP contribution >= 0.6 is 11.3 Å². The van der Waals surface area contributed by atoms with Gasteiger partial charge in [0.15, 0.2) is 0 Å². The Kier molecular flexibility index (Phi) is 6.00. The molecule has 1 aliphatic rings. The summed E-state index contributed by atoms with van der Waals surface area (Å²) in [5, 5.41) is 2.06. The average molecular weight is 385 g/mol. The number of nitrogens with zero attached hydrogens (tertiary/aromatic N) is 1. The molecule has 0 unspecified atom stereocenters. The molecule has 2 aromatic rings. The van der Waals surface area contributed by atoms with Crippen LogP contribution in [0.1, 0.15) is 38.7 Å². The van der Waals surface area contributed by atoms with Crippen LogP contribution in [0.4, 0.5) is 0 Å². The van der Waals surface area contributed by atoms with Crippen LogP contribution in [0, 0.1) is 11.3 Å². The van der Waals surface area contributed by atoms with Gasteiger partial charge >= 0.3 is 0 Å². The number of benzene rings is 1. The van der Waals surface area contributed by atoms with Gasteiger partial charge in [-0.1, -0.05) is 44.2 Å². The van der Waals surface area contributed by atoms with E-state index in [4.69, 9.17) is 5.73 Å². The highest BCUT2D eigenvalue weighted by Gasteiger charge is 2.42. The molecular formula is C22H28N2O2S. The molecule has 5 heteroatoms. The first kappa shape index (κ1) is 19.6. The number of hydrogen-bond acceptors (Lipinski definition) is 3. The van der Waals surface area contributed by atoms with E-state index >= 15 is 0 Å². The smallest absolute Gasteiger partial charge is 0.225 e. The first-order valence-electron chi connectivity index (χ1n) is 9.61. The highest BCUT2D eigenvalue weighted by molar-refractivity contribution is 7.13. The fourth-order valence-electron chi connectivity index (χ4n) is 3.97. The fourth-order valence-corrected chi connectivity index (χ4v) is 4.75. The Hall–Kier alpha value is -2.14. The second-order valence-electron chi connectivity index (χ2n) is 7.97. The minimum absolute atomic E-state index is 0.127. The van der Waals surface area contributed by atoms with Gasteiger partial charge in [0, 0.05) is 24.4 Å². The van der Waals surface area contributed by atoms with Crippen molar-refractivity contribution in [3.8, 4) is 10.4 Å². The number of likely N-dealkylation sites (tertiary alicyclic amines) is 1. The van der Waals surface area contributed by atoms with Crippen molar-refractivity contribution in [2.75, 3.05) is 13.1 Å². The number of nitrogens with two attached hydrogens (primary N) is 1. The zero-order chi connectivity index (χ0) is 19.4. The summed E-state index contributed by atoms with van der Waals surface area (Å²) < 4.78 is 0. The minimum atomic E-state index is -0.696. The van der Waals surface area contributed by atoms with E-state index in [1.165, 1.54) is 4.88 Å². The van der Waals surface area contributed by atoms with E-state index in [0.29, 0.717) is 31.8 Å². The summed E-state index contributed by atoms with van der Waals surface area (Å²) in [4.78, 5) is 28.2. The van der Waals surface area contributed by atoms with Crippen LogP contribution in [0.5, 0.6) is 0 Å². The number of rotatable bonds is 6. The van der Waals surface area contributed by atoms with Gasteiger partial charge in [0.25, 0.3) is 0 Å². The van der Waals surface area contributed by atoms with Crippen LogP contribution in [0.3, 0.4) is 0 Å². The van der Waals surface area contributed by atoms with Gasteiger partial charge in [-0.3, -0.25) is 9.59 Å². The van der Waals surface area contributed by atoms with E-state index in [0.717, 1.165) is 24.0 Å². The van der Waals surface area contributed by atoms with E-state index in [2.05, 4.69) is 23.6 Å². The summed E-state index contributed by atoms with van der Waals surface area (Å²) in [7, 11) is 0. The van der Waals surface area contributed by atoms with E-state index in [1.54, 1.807) is 11.3 Å². The van der Waals surface area contributed by atoms with E-state index in [1.807, 2.05) is 36.9 Å². The average Bonchev–Trinajstić information content (AvgIpc) is 3.16. The number of amides is 2. The molecule has 3 rings (SSSR count). The quantitative estimate of drug-likeness (QED) is 0.815. The van der Waals surface area contributed by atoms with E-state index in [9.17, 15) is 9.59 Å². The fraction of sp³-hybridized carbons (Fsp3) is 0.455. The second-order valence-corrected chi connectivity index (χ2v) is 8.92. The number of thiophene rings is 1. The van der Waals surface area contributed by atoms with Crippen molar-refractivity contribution in [3.05, 3.63) is 47.3 Å². The molecule has 144 valence electrons. The number of carbonyl (C=O) groups excluding carboxylic acids is 2. The molecule has 2 amide bonds. The summed E-state index contributed by atoms with van der Waals surface area (Å²) in [6, 6.07) is 12.3. The van der Waals surface area contributed by atoms with Crippen molar-refractivity contribution in [1.29, 1.82) is 0 Å². The van der Waals surface area contributed by atoms with Gasteiger partial charge in [-0.15, -0.1) is 11.3 Å². The number of piperidine rings is 1. The van der Waals surface area contributed by atoms with Crippen molar-refractivity contribution in [2.45, 2.75) is 39.5 Å². The summed E-state index contributed by atoms with van der Waals surface area (Å²) in [6.45, 7) is 5.22. The highest BCUT2D eigenvalue weighted by atomic mass is 32.1. The summed E-state index contributed by atoms with van der Waals surface area (Å²) in [6.07, 6.45) is 2.63. The van der Waals surface area contributed by atoms with Crippen molar-refractivity contribution < 1.29 is 9.59 Å². The van der Waals surface area contributed by atoms with Gasteiger partial charge in [-0.25, -0.2) is 0 Å². The molecule has 1 fully saturated rings. The molecule has 0 radical (unpaired) electrons. The molecule has 0 saturated carbocycles. The molecule has 0 spiro atoms. The third kappa shape index (κ3) is 4.41. The van der Waals surface area contributed by atoms with Crippen LogP contribution in [0.25, 0.3) is 10.4 Å². The maximum atomic E-state index is 12.6. The summed E-state index contributed by atoms with van der Waals surface area (Å²) in [5.74, 6) is 0.134. The largest absolute Gasteiger partial charge is 0.369 e. The Morgan fingerprint density at radius 3 is 2.67 bits per heavy atom. The van der Waals surface area contributed by atoms with Gasteiger partial charge in [-0.05, 0) is 47.8 Å². The lowest BCUT2D eigenvalue weighted by molar-refractivity contribution is -0.140. The molecule has 2 heterocycles. The maximum Gasteiger partial charge on any atom is 0.225 e. The Morgan fingerprint density at radius 2 is 2.00 bits per heavy atom. The van der Waals surface area contributed by atoms with Crippen LogP contribution < -0.4 is 5.73 Å². The Labute approximate surface area is 165 Å². The zero-order valence-electron chi connectivity index (χ0n) is 16.1. The van der Waals surface area contributed by atoms with Gasteiger partial charge < -0.3 is 10.6 Å². The topological polar surface area (TPSA) is 63.4 Å². The molecule has 4 nitrogen and oxygen atoms in total. The third-order valence-electron chi connectivity index (χ3n) is 5.37. The second kappa shape index (κ2) is 8.26. The van der Waals surface area contributed by atoms with Gasteiger partial charge in [0.05, 0.1) is 5.41 Å². The van der Waals surface area contributed by atoms with Crippen molar-refractivity contribution >= 4 is 23.2 Å². The molecule has 2 N–H and O–H groups in total. The zero-order valence-corrected chi connectivity index (χ0v) is 16.9. The lowest BCUT2D eigenvalue weighted by Crippen LogP contribution is -2.53. The molecule has 1 aromatic heterocycles. The van der Waals surface area contributed by atoms with Crippen LogP contribution in [-0.2, 0) is 16.0 Å². The van der Waals surface area contributed by atoms with Gasteiger partial charge in [-0.2, -0.15) is 0 Å². The van der Waals surface area contributed by atoms with Crippen molar-refractivity contribution in [3.63, 3.8) is 0 Å². The normalized spacial score (nSPS) is 20.0. The van der Waals surface area contributed by atoms with Crippen molar-refractivity contribution in [1.82, 2.24) is 4.90 Å². The molecule has 0 bridgehead atoms. The van der Waals surface area contributed by atoms with Gasteiger partial charge in [0.1, 0.15) is 0 Å². The summed E-state index contributed by atoms with van der Waals surface area (Å²) >= 11 is 1.69. The van der Waals surface area contributed by atoms with Crippen LogP contribution in [0.15, 0.2) is 41.8 Å². The SMILES string of the molecule is CC(C)CC(=O)N1CCC[C@](Cc2ccccc2-c2cccs2)(C(N)=O)C1. The molecule has 1 aromatic carbocycles. The Morgan fingerprint density at radius 1 is 1.22 bits per heavy atom. The molecule has 1 aliphatic heterocycles. The van der Waals surface area contributed by atoms with Gasteiger partial charge in [0.2, 0.25) is 11.8 Å². The van der Waals surface area contributed by atoms with E-state index < -0.39 is 5.41 Å². The first-order valence-corrected chi connectivity index (χ1v) is 10.5. The highest BCUT2D eigenvalue weighted by Crippen LogP contribution is 2.38. The monoisotopic (exact) mass is 384 g/mol. The molecule has 27 heavy (non-hydrogen) atoms. The predicted octanol–water partition coefficient (Wildman–Crippen LogP) is 4.10. The number of hydrogen-bond donors (Lipinski definition) is 1. The number of carbonyl (C=O) groups is 2. The van der Waals surface area contributed by atoms with Crippen molar-refractivity contribution in [2.24, 2.45) is 17.1 Å². The van der Waals surface area contributed by atoms with E-state index in [-0.39, 0.29) is 11.8 Å². The molecular weight excluding hydrogens is 356 g/mol. The maximum absolute atomic E-state index is 12.6. The lowest BCUT2D eigenvalue weighted by atomic mass is 9.73. The Balaban J connectivity index is 1.88. The lowest BCUT2D eigenvalue weighted by Gasteiger charge is -2.41. The van der Waals surface area contributed by atoms with Crippen LogP contribution in [0.2, 0.25) is 0 Å². The number of primary amides is 1. The summed E-state index contributed by atoms with van der Waals surface area (Å²) in [5.41, 5.74) is 7.49. The third-order valence-corrected chi connectivity index (χ3v) is 6.27. The molecule has 1 atom stereocenters.